The van der Waals surface area contributed by atoms with Crippen LogP contribution in [0.1, 0.15) is 36.5 Å². The van der Waals surface area contributed by atoms with E-state index in [1.54, 1.807) is 12.1 Å². The number of rotatable bonds is 5. The average Bonchev–Trinajstić information content (AvgIpc) is 3.06. The van der Waals surface area contributed by atoms with Crippen LogP contribution in [0.4, 0.5) is 0 Å². The standard InChI is InChI=1S/C13H17NO2/c1-2-9-16-11-5-3-10(4-6-11)12(15)13(14)7-8-13/h3-6H,2,7-9,14H2,1H3. The lowest BCUT2D eigenvalue weighted by atomic mass is 10.0. The Balaban J connectivity index is 2.04. The van der Waals surface area contributed by atoms with E-state index in [2.05, 4.69) is 6.92 Å². The largest absolute Gasteiger partial charge is 0.494 e. The zero-order valence-corrected chi connectivity index (χ0v) is 9.53. The molecular weight excluding hydrogens is 202 g/mol. The van der Waals surface area contributed by atoms with Crippen molar-refractivity contribution >= 4 is 5.78 Å². The zero-order chi connectivity index (χ0) is 11.6. The van der Waals surface area contributed by atoms with Crippen LogP contribution in [0.5, 0.6) is 5.75 Å². The number of benzene rings is 1. The minimum Gasteiger partial charge on any atom is -0.494 e. The van der Waals surface area contributed by atoms with Gasteiger partial charge in [0, 0.05) is 5.56 Å². The quantitative estimate of drug-likeness (QED) is 0.772. The van der Waals surface area contributed by atoms with Crippen LogP contribution in [0.15, 0.2) is 24.3 Å². The number of ketones is 1. The van der Waals surface area contributed by atoms with Crippen LogP contribution in [0.25, 0.3) is 0 Å². The Bertz CT molecular complexity index is 379. The van der Waals surface area contributed by atoms with Crippen molar-refractivity contribution in [2.75, 3.05) is 6.61 Å². The monoisotopic (exact) mass is 219 g/mol. The SMILES string of the molecule is CCCOc1ccc(C(=O)C2(N)CC2)cc1. The zero-order valence-electron chi connectivity index (χ0n) is 9.53. The Morgan fingerprint density at radius 3 is 2.50 bits per heavy atom. The van der Waals surface area contributed by atoms with Crippen LogP contribution in [-0.4, -0.2) is 17.9 Å². The van der Waals surface area contributed by atoms with Crippen molar-refractivity contribution in [3.8, 4) is 5.75 Å². The van der Waals surface area contributed by atoms with Crippen LogP contribution in [0, 0.1) is 0 Å². The Morgan fingerprint density at radius 2 is 2.00 bits per heavy atom. The highest BCUT2D eigenvalue weighted by Gasteiger charge is 2.45. The van der Waals surface area contributed by atoms with Gasteiger partial charge in [0.05, 0.1) is 12.1 Å². The minimum absolute atomic E-state index is 0.0505. The first kappa shape index (κ1) is 11.1. The first-order valence-corrected chi connectivity index (χ1v) is 5.72. The third kappa shape index (κ3) is 2.25. The maximum atomic E-state index is 11.9. The van der Waals surface area contributed by atoms with Crippen molar-refractivity contribution in [1.82, 2.24) is 0 Å². The van der Waals surface area contributed by atoms with Crippen molar-refractivity contribution in [2.24, 2.45) is 5.73 Å². The number of ether oxygens (including phenoxy) is 1. The predicted octanol–water partition coefficient (Wildman–Crippen LogP) is 2.15. The smallest absolute Gasteiger partial charge is 0.182 e. The summed E-state index contributed by atoms with van der Waals surface area (Å²) in [7, 11) is 0. The Morgan fingerprint density at radius 1 is 1.38 bits per heavy atom. The topological polar surface area (TPSA) is 52.3 Å². The molecule has 0 saturated heterocycles. The predicted molar refractivity (Wildman–Crippen MR) is 62.7 cm³/mol. The molecular formula is C13H17NO2. The molecule has 1 aliphatic carbocycles. The Hall–Kier alpha value is -1.35. The van der Waals surface area contributed by atoms with Gasteiger partial charge < -0.3 is 10.5 Å². The highest BCUT2D eigenvalue weighted by molar-refractivity contribution is 6.05. The van der Waals surface area contributed by atoms with Crippen LogP contribution < -0.4 is 10.5 Å². The van der Waals surface area contributed by atoms with E-state index >= 15 is 0 Å². The van der Waals surface area contributed by atoms with Gasteiger partial charge in [0.15, 0.2) is 5.78 Å². The normalized spacial score (nSPS) is 16.9. The number of carbonyl (C=O) groups is 1. The van der Waals surface area contributed by atoms with E-state index in [9.17, 15) is 4.79 Å². The number of hydrogen-bond donors (Lipinski definition) is 1. The summed E-state index contributed by atoms with van der Waals surface area (Å²) in [4.78, 5) is 11.9. The van der Waals surface area contributed by atoms with E-state index < -0.39 is 5.54 Å². The number of nitrogens with two attached hydrogens (primary N) is 1. The van der Waals surface area contributed by atoms with E-state index in [4.69, 9.17) is 10.5 Å². The molecule has 1 aromatic rings. The molecule has 0 atom stereocenters. The van der Waals surface area contributed by atoms with Gasteiger partial charge in [-0.3, -0.25) is 4.79 Å². The molecule has 0 bridgehead atoms. The summed E-state index contributed by atoms with van der Waals surface area (Å²) < 4.78 is 5.45. The van der Waals surface area contributed by atoms with Gasteiger partial charge in [0.2, 0.25) is 0 Å². The highest BCUT2D eigenvalue weighted by Crippen LogP contribution is 2.35. The number of hydrogen-bond acceptors (Lipinski definition) is 3. The lowest BCUT2D eigenvalue weighted by molar-refractivity contribution is 0.0949. The molecule has 2 N–H and O–H groups in total. The van der Waals surface area contributed by atoms with E-state index in [-0.39, 0.29) is 5.78 Å². The van der Waals surface area contributed by atoms with Crippen molar-refractivity contribution < 1.29 is 9.53 Å². The second-order valence-electron chi connectivity index (χ2n) is 4.36. The Kier molecular flexibility index (Phi) is 2.97. The molecule has 1 aromatic carbocycles. The molecule has 3 heteroatoms. The Labute approximate surface area is 95.6 Å². The molecule has 2 rings (SSSR count). The molecule has 0 amide bonds. The maximum Gasteiger partial charge on any atom is 0.182 e. The fraction of sp³-hybridized carbons (Fsp3) is 0.462. The van der Waals surface area contributed by atoms with Gasteiger partial charge in [0.1, 0.15) is 5.75 Å². The van der Waals surface area contributed by atoms with E-state index in [0.29, 0.717) is 12.2 Å². The fourth-order valence-corrected chi connectivity index (χ4v) is 1.57. The molecule has 16 heavy (non-hydrogen) atoms. The summed E-state index contributed by atoms with van der Waals surface area (Å²) in [5.41, 5.74) is 5.97. The van der Waals surface area contributed by atoms with Gasteiger partial charge in [-0.15, -0.1) is 0 Å². The molecule has 0 radical (unpaired) electrons. The lowest BCUT2D eigenvalue weighted by Gasteiger charge is -2.08. The van der Waals surface area contributed by atoms with Gasteiger partial charge in [0.25, 0.3) is 0 Å². The van der Waals surface area contributed by atoms with Crippen LogP contribution in [0.3, 0.4) is 0 Å². The van der Waals surface area contributed by atoms with Gasteiger partial charge in [-0.1, -0.05) is 6.92 Å². The second-order valence-corrected chi connectivity index (χ2v) is 4.36. The third-order valence-corrected chi connectivity index (χ3v) is 2.83. The summed E-state index contributed by atoms with van der Waals surface area (Å²) in [6, 6.07) is 7.24. The molecule has 1 fully saturated rings. The van der Waals surface area contributed by atoms with Crippen molar-refractivity contribution in [1.29, 1.82) is 0 Å². The number of carbonyl (C=O) groups excluding carboxylic acids is 1. The third-order valence-electron chi connectivity index (χ3n) is 2.83. The maximum absolute atomic E-state index is 11.9. The number of Topliss-reactive ketones (excluding diaryl/α,β-unsaturated/α-hetero) is 1. The molecule has 1 saturated carbocycles. The van der Waals surface area contributed by atoms with Crippen molar-refractivity contribution in [2.45, 2.75) is 31.7 Å². The summed E-state index contributed by atoms with van der Waals surface area (Å²) in [5.74, 6) is 0.856. The molecule has 0 heterocycles. The lowest BCUT2D eigenvalue weighted by Crippen LogP contribution is -2.32. The van der Waals surface area contributed by atoms with Crippen LogP contribution in [-0.2, 0) is 0 Å². The summed E-state index contributed by atoms with van der Waals surface area (Å²) >= 11 is 0. The summed E-state index contributed by atoms with van der Waals surface area (Å²) in [6.07, 6.45) is 2.59. The van der Waals surface area contributed by atoms with E-state index in [0.717, 1.165) is 25.0 Å². The van der Waals surface area contributed by atoms with Gasteiger partial charge in [-0.2, -0.15) is 0 Å². The van der Waals surface area contributed by atoms with Crippen LogP contribution in [0.2, 0.25) is 0 Å². The molecule has 0 aliphatic heterocycles. The molecule has 86 valence electrons. The first-order chi connectivity index (χ1) is 7.65. The molecule has 0 unspecified atom stereocenters. The highest BCUT2D eigenvalue weighted by atomic mass is 16.5. The summed E-state index contributed by atoms with van der Waals surface area (Å²) in [5, 5.41) is 0. The average molecular weight is 219 g/mol. The van der Waals surface area contributed by atoms with Gasteiger partial charge in [-0.25, -0.2) is 0 Å². The van der Waals surface area contributed by atoms with Crippen molar-refractivity contribution in [3.05, 3.63) is 29.8 Å². The van der Waals surface area contributed by atoms with Gasteiger partial charge >= 0.3 is 0 Å². The second kappa shape index (κ2) is 4.26. The molecule has 0 aromatic heterocycles. The van der Waals surface area contributed by atoms with Gasteiger partial charge in [-0.05, 0) is 43.5 Å². The molecule has 0 spiro atoms. The molecule has 1 aliphatic rings. The first-order valence-electron chi connectivity index (χ1n) is 5.72. The summed E-state index contributed by atoms with van der Waals surface area (Å²) in [6.45, 7) is 2.76. The van der Waals surface area contributed by atoms with E-state index in [1.807, 2.05) is 12.1 Å². The van der Waals surface area contributed by atoms with Crippen molar-refractivity contribution in [3.63, 3.8) is 0 Å². The van der Waals surface area contributed by atoms with E-state index in [1.165, 1.54) is 0 Å². The minimum atomic E-state index is -0.578. The molecule has 3 nitrogen and oxygen atoms in total. The fourth-order valence-electron chi connectivity index (χ4n) is 1.57. The van der Waals surface area contributed by atoms with Crippen LogP contribution >= 0.6 is 0 Å².